The number of aryl methyl sites for hydroxylation is 1. The minimum absolute atomic E-state index is 0.0787. The van der Waals surface area contributed by atoms with Gasteiger partial charge in [0.2, 0.25) is 5.91 Å². The number of carbonyl (C=O) groups is 1. The molecule has 2 aromatic rings. The number of benzene rings is 2. The van der Waals surface area contributed by atoms with Gasteiger partial charge in [0.1, 0.15) is 5.54 Å². The summed E-state index contributed by atoms with van der Waals surface area (Å²) in [5.41, 5.74) is 8.37. The van der Waals surface area contributed by atoms with Gasteiger partial charge in [0.05, 0.1) is 6.04 Å². The fourth-order valence-corrected chi connectivity index (χ4v) is 2.39. The van der Waals surface area contributed by atoms with Crippen LogP contribution in [0.2, 0.25) is 0 Å². The number of hydrogen-bond acceptors (Lipinski definition) is 2. The molecule has 2 aromatic carbocycles. The van der Waals surface area contributed by atoms with Gasteiger partial charge in [0, 0.05) is 0 Å². The summed E-state index contributed by atoms with van der Waals surface area (Å²) in [7, 11) is 0. The van der Waals surface area contributed by atoms with Crippen molar-refractivity contribution in [3.05, 3.63) is 71.3 Å². The second-order valence-electron chi connectivity index (χ2n) is 5.86. The number of hydrogen-bond donors (Lipinski definition) is 2. The van der Waals surface area contributed by atoms with Gasteiger partial charge in [-0.1, -0.05) is 61.5 Å². The molecule has 0 aromatic heterocycles. The molecule has 116 valence electrons. The Hall–Kier alpha value is -2.13. The molecule has 0 aliphatic heterocycles. The van der Waals surface area contributed by atoms with Crippen molar-refractivity contribution in [3.8, 4) is 0 Å². The Morgan fingerprint density at radius 1 is 1.14 bits per heavy atom. The molecule has 22 heavy (non-hydrogen) atoms. The second-order valence-corrected chi connectivity index (χ2v) is 5.86. The molecular formula is C19H24N2O. The van der Waals surface area contributed by atoms with Crippen LogP contribution in [0.5, 0.6) is 0 Å². The van der Waals surface area contributed by atoms with Crippen molar-refractivity contribution in [1.29, 1.82) is 0 Å². The Kier molecular flexibility index (Phi) is 4.99. The van der Waals surface area contributed by atoms with Crippen LogP contribution in [0.25, 0.3) is 0 Å². The lowest BCUT2D eigenvalue weighted by Crippen LogP contribution is -2.49. The van der Waals surface area contributed by atoms with E-state index in [1.54, 1.807) is 6.92 Å². The zero-order valence-corrected chi connectivity index (χ0v) is 13.5. The first-order valence-electron chi connectivity index (χ1n) is 7.69. The van der Waals surface area contributed by atoms with Gasteiger partial charge in [-0.25, -0.2) is 0 Å². The number of rotatable bonds is 5. The summed E-state index contributed by atoms with van der Waals surface area (Å²) < 4.78 is 0. The third kappa shape index (κ3) is 3.55. The maximum atomic E-state index is 12.5. The quantitative estimate of drug-likeness (QED) is 0.889. The molecule has 0 heterocycles. The van der Waals surface area contributed by atoms with Crippen LogP contribution in [0.15, 0.2) is 54.6 Å². The van der Waals surface area contributed by atoms with Gasteiger partial charge in [-0.15, -0.1) is 0 Å². The van der Waals surface area contributed by atoms with E-state index in [9.17, 15) is 4.79 Å². The van der Waals surface area contributed by atoms with E-state index in [1.165, 1.54) is 5.56 Å². The lowest BCUT2D eigenvalue weighted by molar-refractivity contribution is -0.126. The predicted octanol–water partition coefficient (Wildman–Crippen LogP) is 3.30. The van der Waals surface area contributed by atoms with Crippen LogP contribution in [0.3, 0.4) is 0 Å². The van der Waals surface area contributed by atoms with E-state index in [0.717, 1.165) is 17.5 Å². The highest BCUT2D eigenvalue weighted by atomic mass is 16.2. The van der Waals surface area contributed by atoms with Gasteiger partial charge in [-0.05, 0) is 37.0 Å². The Bertz CT molecular complexity index is 618. The molecule has 0 fully saturated rings. The highest BCUT2D eigenvalue weighted by Gasteiger charge is 2.31. The van der Waals surface area contributed by atoms with Gasteiger partial charge in [-0.3, -0.25) is 4.79 Å². The first-order chi connectivity index (χ1) is 10.4. The molecule has 2 unspecified atom stereocenters. The minimum Gasteiger partial charge on any atom is -0.348 e. The Balaban J connectivity index is 2.10. The molecule has 1 amide bonds. The third-order valence-electron chi connectivity index (χ3n) is 4.08. The minimum atomic E-state index is -1.04. The molecule has 3 heteroatoms. The van der Waals surface area contributed by atoms with Gasteiger partial charge in [0.15, 0.2) is 0 Å². The van der Waals surface area contributed by atoms with E-state index in [1.807, 2.05) is 37.3 Å². The average Bonchev–Trinajstić information content (AvgIpc) is 2.55. The van der Waals surface area contributed by atoms with Crippen molar-refractivity contribution in [2.24, 2.45) is 5.73 Å². The molecule has 3 N–H and O–H groups in total. The van der Waals surface area contributed by atoms with Crippen molar-refractivity contribution in [2.45, 2.75) is 38.8 Å². The maximum absolute atomic E-state index is 12.5. The standard InChI is InChI=1S/C19H24N2O/c1-4-15-10-12-16(13-11-15)14(2)21-18(22)19(3,20)17-8-6-5-7-9-17/h5-14H,4,20H2,1-3H3,(H,21,22). The first-order valence-corrected chi connectivity index (χ1v) is 7.69. The molecule has 2 atom stereocenters. The van der Waals surface area contributed by atoms with E-state index < -0.39 is 5.54 Å². The van der Waals surface area contributed by atoms with Gasteiger partial charge in [0.25, 0.3) is 0 Å². The van der Waals surface area contributed by atoms with Crippen LogP contribution in [0.1, 0.15) is 43.5 Å². The fourth-order valence-electron chi connectivity index (χ4n) is 2.39. The summed E-state index contributed by atoms with van der Waals surface area (Å²) in [6.07, 6.45) is 1.01. The first kappa shape index (κ1) is 16.2. The fraction of sp³-hybridized carbons (Fsp3) is 0.316. The zero-order chi connectivity index (χ0) is 16.2. The average molecular weight is 296 g/mol. The van der Waals surface area contributed by atoms with Crippen LogP contribution in [0, 0.1) is 0 Å². The number of nitrogens with one attached hydrogen (secondary N) is 1. The highest BCUT2D eigenvalue weighted by Crippen LogP contribution is 2.20. The van der Waals surface area contributed by atoms with Crippen molar-refractivity contribution in [1.82, 2.24) is 5.32 Å². The summed E-state index contributed by atoms with van der Waals surface area (Å²) >= 11 is 0. The number of nitrogens with two attached hydrogens (primary N) is 1. The molecule has 0 aliphatic rings. The molecule has 0 radical (unpaired) electrons. The molecule has 0 bridgehead atoms. The molecule has 0 saturated carbocycles. The third-order valence-corrected chi connectivity index (χ3v) is 4.08. The van der Waals surface area contributed by atoms with Gasteiger partial charge < -0.3 is 11.1 Å². The second kappa shape index (κ2) is 6.75. The van der Waals surface area contributed by atoms with Crippen LogP contribution >= 0.6 is 0 Å². The van der Waals surface area contributed by atoms with Crippen LogP contribution < -0.4 is 11.1 Å². The zero-order valence-electron chi connectivity index (χ0n) is 13.5. The summed E-state index contributed by atoms with van der Waals surface area (Å²) in [5.74, 6) is -0.175. The summed E-state index contributed by atoms with van der Waals surface area (Å²) in [6, 6.07) is 17.7. The van der Waals surface area contributed by atoms with Crippen LogP contribution in [-0.2, 0) is 16.8 Å². The lowest BCUT2D eigenvalue weighted by Gasteiger charge is -2.26. The van der Waals surface area contributed by atoms with Crippen molar-refractivity contribution < 1.29 is 4.79 Å². The number of carbonyl (C=O) groups excluding carboxylic acids is 1. The predicted molar refractivity (Wildman–Crippen MR) is 90.4 cm³/mol. The Morgan fingerprint density at radius 3 is 2.27 bits per heavy atom. The summed E-state index contributed by atoms with van der Waals surface area (Å²) in [5, 5.41) is 3.01. The Labute approximate surface area is 132 Å². The smallest absolute Gasteiger partial charge is 0.244 e. The highest BCUT2D eigenvalue weighted by molar-refractivity contribution is 5.87. The van der Waals surface area contributed by atoms with Crippen molar-refractivity contribution >= 4 is 5.91 Å². The normalized spacial score (nSPS) is 14.9. The Morgan fingerprint density at radius 2 is 1.73 bits per heavy atom. The summed E-state index contributed by atoms with van der Waals surface area (Å²) in [6.45, 7) is 5.84. The van der Waals surface area contributed by atoms with E-state index in [4.69, 9.17) is 5.73 Å². The van der Waals surface area contributed by atoms with E-state index in [0.29, 0.717) is 0 Å². The van der Waals surface area contributed by atoms with Crippen molar-refractivity contribution in [3.63, 3.8) is 0 Å². The molecule has 3 nitrogen and oxygen atoms in total. The molecule has 0 spiro atoms. The van der Waals surface area contributed by atoms with Gasteiger partial charge >= 0.3 is 0 Å². The largest absolute Gasteiger partial charge is 0.348 e. The van der Waals surface area contributed by atoms with Crippen molar-refractivity contribution in [2.75, 3.05) is 0 Å². The molecular weight excluding hydrogens is 272 g/mol. The number of amides is 1. The maximum Gasteiger partial charge on any atom is 0.244 e. The van der Waals surface area contributed by atoms with Crippen LogP contribution in [0.4, 0.5) is 0 Å². The molecule has 0 aliphatic carbocycles. The SMILES string of the molecule is CCc1ccc(C(C)NC(=O)C(C)(N)c2ccccc2)cc1. The van der Waals surface area contributed by atoms with Crippen LogP contribution in [-0.4, -0.2) is 5.91 Å². The molecule has 0 saturated heterocycles. The lowest BCUT2D eigenvalue weighted by atomic mass is 9.91. The van der Waals surface area contributed by atoms with E-state index >= 15 is 0 Å². The van der Waals surface area contributed by atoms with E-state index in [-0.39, 0.29) is 11.9 Å². The molecule has 2 rings (SSSR count). The van der Waals surface area contributed by atoms with E-state index in [2.05, 4.69) is 36.5 Å². The summed E-state index contributed by atoms with van der Waals surface area (Å²) in [4.78, 5) is 12.5. The topological polar surface area (TPSA) is 55.1 Å². The monoisotopic (exact) mass is 296 g/mol. The van der Waals surface area contributed by atoms with Gasteiger partial charge in [-0.2, -0.15) is 0 Å².